The molecule has 0 saturated carbocycles. The summed E-state index contributed by atoms with van der Waals surface area (Å²) in [5.74, 6) is 0.459. The molecule has 6 rings (SSSR count). The lowest BCUT2D eigenvalue weighted by molar-refractivity contribution is -0.114. The van der Waals surface area contributed by atoms with E-state index in [9.17, 15) is 10.1 Å². The number of aromatic nitrogens is 5. The Bertz CT molecular complexity index is 1860. The molecule has 3 heterocycles. The van der Waals surface area contributed by atoms with Crippen molar-refractivity contribution < 1.29 is 9.53 Å². The average Bonchev–Trinajstić information content (AvgIpc) is 3.51. The minimum Gasteiger partial charge on any atom is -0.481 e. The standard InChI is InChI=1S/C14H9BrN4O.C14H8BrN3O/c1-20-13-6-5-12-14(17-13)11(8-16)18-19(12)10-4-2-3-9(15)7-10;15-9-2-1-3-10(6-9)18-14-5-4-11(19)7-12(14)13(8-16)17-18/h2-7H,1H3;1-6H,7H2. The first-order valence-electron chi connectivity index (χ1n) is 11.5. The molecule has 39 heavy (non-hydrogen) atoms. The second kappa shape index (κ2) is 11.0. The van der Waals surface area contributed by atoms with Gasteiger partial charge < -0.3 is 4.74 Å². The summed E-state index contributed by atoms with van der Waals surface area (Å²) < 4.78 is 10.4. The van der Waals surface area contributed by atoms with Crippen molar-refractivity contribution in [3.63, 3.8) is 0 Å². The molecule has 0 spiro atoms. The van der Waals surface area contributed by atoms with E-state index in [4.69, 9.17) is 10.00 Å². The molecule has 0 N–H and O–H groups in total. The first kappa shape index (κ1) is 26.0. The molecular formula is C28H17Br2N7O2. The van der Waals surface area contributed by atoms with E-state index < -0.39 is 0 Å². The van der Waals surface area contributed by atoms with Crippen LogP contribution in [0.4, 0.5) is 0 Å². The third-order valence-electron chi connectivity index (χ3n) is 5.83. The second-order valence-electron chi connectivity index (χ2n) is 8.27. The molecule has 2 aromatic carbocycles. The average molecular weight is 643 g/mol. The number of carbonyl (C=O) groups is 1. The van der Waals surface area contributed by atoms with E-state index >= 15 is 0 Å². The summed E-state index contributed by atoms with van der Waals surface area (Å²) in [6.45, 7) is 0. The number of nitriles is 2. The third-order valence-corrected chi connectivity index (χ3v) is 6.82. The largest absolute Gasteiger partial charge is 0.481 e. The number of carbonyl (C=O) groups excluding carboxylic acids is 1. The molecule has 0 amide bonds. The molecule has 9 nitrogen and oxygen atoms in total. The summed E-state index contributed by atoms with van der Waals surface area (Å²) in [7, 11) is 1.54. The fourth-order valence-corrected chi connectivity index (χ4v) is 4.86. The van der Waals surface area contributed by atoms with Gasteiger partial charge in [-0.2, -0.15) is 20.7 Å². The van der Waals surface area contributed by atoms with Crippen LogP contribution in [0.15, 0.2) is 75.7 Å². The second-order valence-corrected chi connectivity index (χ2v) is 10.1. The zero-order valence-corrected chi connectivity index (χ0v) is 23.5. The lowest BCUT2D eigenvalue weighted by atomic mass is 10.0. The lowest BCUT2D eigenvalue weighted by Crippen LogP contribution is -2.07. The predicted molar refractivity (Wildman–Crippen MR) is 152 cm³/mol. The highest BCUT2D eigenvalue weighted by Gasteiger charge is 2.22. The molecule has 3 aromatic heterocycles. The van der Waals surface area contributed by atoms with Gasteiger partial charge in [0, 0.05) is 27.0 Å². The minimum absolute atomic E-state index is 0.00204. The van der Waals surface area contributed by atoms with Gasteiger partial charge in [-0.1, -0.05) is 44.0 Å². The molecule has 0 bridgehead atoms. The Balaban J connectivity index is 0.000000158. The Morgan fingerprint density at radius 1 is 0.872 bits per heavy atom. The predicted octanol–water partition coefficient (Wildman–Crippen LogP) is 5.71. The van der Waals surface area contributed by atoms with Crippen molar-refractivity contribution in [3.8, 4) is 29.4 Å². The van der Waals surface area contributed by atoms with Crippen LogP contribution in [0.5, 0.6) is 5.88 Å². The SMILES string of the molecule is COc1ccc2c(n1)c(C#N)nn2-c1cccc(Br)c1.N#Cc1nn(-c2cccc(Br)c2)c2c1CC(=O)C=C2. The summed E-state index contributed by atoms with van der Waals surface area (Å²) in [4.78, 5) is 15.7. The Labute approximate surface area is 239 Å². The Hall–Kier alpha value is -4.58. The van der Waals surface area contributed by atoms with Crippen molar-refractivity contribution in [2.45, 2.75) is 6.42 Å². The number of allylic oxidation sites excluding steroid dienone is 1. The molecule has 0 aliphatic heterocycles. The molecule has 5 aromatic rings. The van der Waals surface area contributed by atoms with Crippen LogP contribution in [0.3, 0.4) is 0 Å². The summed E-state index contributed by atoms with van der Waals surface area (Å²) >= 11 is 6.84. The third kappa shape index (κ3) is 5.23. The van der Waals surface area contributed by atoms with Gasteiger partial charge >= 0.3 is 0 Å². The number of nitrogens with zero attached hydrogens (tertiary/aromatic N) is 7. The smallest absolute Gasteiger partial charge is 0.213 e. The number of rotatable bonds is 3. The number of ether oxygens (including phenoxy) is 1. The number of ketones is 1. The van der Waals surface area contributed by atoms with Gasteiger partial charge in [0.15, 0.2) is 17.2 Å². The number of hydrogen-bond donors (Lipinski definition) is 0. The topological polar surface area (TPSA) is 122 Å². The van der Waals surface area contributed by atoms with Crippen LogP contribution in [-0.4, -0.2) is 37.4 Å². The normalized spacial score (nSPS) is 11.8. The summed E-state index contributed by atoms with van der Waals surface area (Å²) in [6, 6.07) is 23.0. The van der Waals surface area contributed by atoms with Crippen molar-refractivity contribution in [2.75, 3.05) is 7.11 Å². The molecule has 1 aliphatic rings. The van der Waals surface area contributed by atoms with Crippen LogP contribution in [-0.2, 0) is 11.2 Å². The molecule has 11 heteroatoms. The van der Waals surface area contributed by atoms with Gasteiger partial charge in [-0.15, -0.1) is 0 Å². The lowest BCUT2D eigenvalue weighted by Gasteiger charge is -2.08. The fourth-order valence-electron chi connectivity index (χ4n) is 4.08. The fraction of sp³-hybridized carbons (Fsp3) is 0.0714. The summed E-state index contributed by atoms with van der Waals surface area (Å²) in [5.41, 5.74) is 5.10. The number of pyridine rings is 1. The van der Waals surface area contributed by atoms with Crippen molar-refractivity contribution in [3.05, 3.63) is 98.3 Å². The summed E-state index contributed by atoms with van der Waals surface area (Å²) in [5, 5.41) is 26.9. The van der Waals surface area contributed by atoms with Gasteiger partial charge in [-0.05, 0) is 54.6 Å². The van der Waals surface area contributed by atoms with Crippen LogP contribution in [0, 0.1) is 22.7 Å². The van der Waals surface area contributed by atoms with Crippen molar-refractivity contribution in [2.24, 2.45) is 0 Å². The van der Waals surface area contributed by atoms with Gasteiger partial charge in [0.2, 0.25) is 5.88 Å². The highest BCUT2D eigenvalue weighted by molar-refractivity contribution is 9.10. The van der Waals surface area contributed by atoms with Gasteiger partial charge in [0.05, 0.1) is 29.7 Å². The van der Waals surface area contributed by atoms with E-state index in [1.165, 1.54) is 6.08 Å². The molecule has 190 valence electrons. The zero-order valence-electron chi connectivity index (χ0n) is 20.3. The molecule has 1 aliphatic carbocycles. The monoisotopic (exact) mass is 641 g/mol. The van der Waals surface area contributed by atoms with Crippen molar-refractivity contribution >= 4 is 54.8 Å². The molecule has 0 atom stereocenters. The molecular weight excluding hydrogens is 626 g/mol. The number of hydrogen-bond acceptors (Lipinski definition) is 7. The minimum atomic E-state index is -0.00204. The number of methoxy groups -OCH3 is 1. The van der Waals surface area contributed by atoms with E-state index in [-0.39, 0.29) is 17.9 Å². The van der Waals surface area contributed by atoms with Crippen LogP contribution >= 0.6 is 31.9 Å². The first-order valence-corrected chi connectivity index (χ1v) is 13.1. The number of benzene rings is 2. The van der Waals surface area contributed by atoms with E-state index in [0.717, 1.165) is 31.5 Å². The van der Waals surface area contributed by atoms with Gasteiger partial charge in [0.1, 0.15) is 17.7 Å². The molecule has 0 saturated heterocycles. The highest BCUT2D eigenvalue weighted by Crippen LogP contribution is 2.26. The van der Waals surface area contributed by atoms with E-state index in [1.807, 2.05) is 54.6 Å². The first-order chi connectivity index (χ1) is 18.9. The Kier molecular flexibility index (Phi) is 7.37. The van der Waals surface area contributed by atoms with Gasteiger partial charge in [-0.25, -0.2) is 14.3 Å². The number of halogens is 2. The van der Waals surface area contributed by atoms with Gasteiger partial charge in [0.25, 0.3) is 0 Å². The van der Waals surface area contributed by atoms with E-state index in [0.29, 0.717) is 22.7 Å². The van der Waals surface area contributed by atoms with Crippen LogP contribution in [0.1, 0.15) is 22.6 Å². The zero-order chi connectivity index (χ0) is 27.5. The van der Waals surface area contributed by atoms with Crippen molar-refractivity contribution in [1.29, 1.82) is 10.5 Å². The van der Waals surface area contributed by atoms with E-state index in [1.54, 1.807) is 28.6 Å². The molecule has 0 radical (unpaired) electrons. The maximum atomic E-state index is 11.5. The summed E-state index contributed by atoms with van der Waals surface area (Å²) in [6.07, 6.45) is 3.48. The maximum absolute atomic E-state index is 11.5. The van der Waals surface area contributed by atoms with E-state index in [2.05, 4.69) is 59.2 Å². The maximum Gasteiger partial charge on any atom is 0.213 e. The van der Waals surface area contributed by atoms with Crippen molar-refractivity contribution in [1.82, 2.24) is 24.5 Å². The Morgan fingerprint density at radius 3 is 2.13 bits per heavy atom. The molecule has 0 unspecified atom stereocenters. The number of fused-ring (bicyclic) bond motifs is 2. The molecule has 0 fully saturated rings. The van der Waals surface area contributed by atoms with Crippen LogP contribution in [0.25, 0.3) is 28.5 Å². The van der Waals surface area contributed by atoms with Crippen LogP contribution < -0.4 is 4.74 Å². The quantitative estimate of drug-likeness (QED) is 0.247. The highest BCUT2D eigenvalue weighted by atomic mass is 79.9. The van der Waals surface area contributed by atoms with Crippen LogP contribution in [0.2, 0.25) is 0 Å². The van der Waals surface area contributed by atoms with Gasteiger partial charge in [-0.3, -0.25) is 4.79 Å². The Morgan fingerprint density at radius 2 is 1.51 bits per heavy atom.